The smallest absolute Gasteiger partial charge is 0.191 e. The van der Waals surface area contributed by atoms with Crippen LogP contribution < -0.4 is 10.6 Å². The molecule has 0 bridgehead atoms. The Labute approximate surface area is 180 Å². The van der Waals surface area contributed by atoms with E-state index in [4.69, 9.17) is 0 Å². The predicted molar refractivity (Wildman–Crippen MR) is 127 cm³/mol. The van der Waals surface area contributed by atoms with Crippen molar-refractivity contribution in [3.05, 3.63) is 48.0 Å². The monoisotopic (exact) mass is 488 g/mol. The van der Waals surface area contributed by atoms with Gasteiger partial charge < -0.3 is 10.6 Å². The van der Waals surface area contributed by atoms with Crippen molar-refractivity contribution in [2.75, 3.05) is 37.7 Å². The molecular weight excluding hydrogens is 455 g/mol. The van der Waals surface area contributed by atoms with Crippen molar-refractivity contribution in [3.8, 4) is 0 Å². The van der Waals surface area contributed by atoms with E-state index in [1.54, 1.807) is 0 Å². The lowest BCUT2D eigenvalue weighted by atomic mass is 10.1. The third-order valence-electron chi connectivity index (χ3n) is 4.17. The van der Waals surface area contributed by atoms with Crippen molar-refractivity contribution in [2.45, 2.75) is 32.9 Å². The maximum Gasteiger partial charge on any atom is 0.191 e. The minimum absolute atomic E-state index is 0. The van der Waals surface area contributed by atoms with Gasteiger partial charge in [0.15, 0.2) is 5.96 Å². The van der Waals surface area contributed by atoms with E-state index in [2.05, 4.69) is 58.3 Å². The molecule has 1 aliphatic rings. The number of rotatable bonds is 10. The van der Waals surface area contributed by atoms with Gasteiger partial charge in [0.1, 0.15) is 0 Å². The summed E-state index contributed by atoms with van der Waals surface area (Å²) in [6.45, 7) is 11.9. The van der Waals surface area contributed by atoms with Crippen LogP contribution in [0.2, 0.25) is 0 Å². The first kappa shape index (κ1) is 23.3. The number of nitrogens with one attached hydrogen (secondary N) is 2. The fraction of sp³-hybridized carbons (Fsp3) is 0.550. The molecule has 0 unspecified atom stereocenters. The zero-order valence-electron chi connectivity index (χ0n) is 15.9. The summed E-state index contributed by atoms with van der Waals surface area (Å²) in [5.74, 6) is 2.95. The van der Waals surface area contributed by atoms with Crippen LogP contribution in [0.25, 0.3) is 0 Å². The van der Waals surface area contributed by atoms with Crippen LogP contribution in [0.3, 0.4) is 0 Å². The molecular formula is C20H33IN4S. The third-order valence-corrected chi connectivity index (χ3v) is 5.13. The van der Waals surface area contributed by atoms with Gasteiger partial charge in [0.25, 0.3) is 0 Å². The minimum Gasteiger partial charge on any atom is -0.357 e. The predicted octanol–water partition coefficient (Wildman–Crippen LogP) is 3.87. The highest BCUT2D eigenvalue weighted by molar-refractivity contribution is 14.0. The fourth-order valence-corrected chi connectivity index (χ4v) is 3.45. The van der Waals surface area contributed by atoms with E-state index in [1.165, 1.54) is 37.1 Å². The summed E-state index contributed by atoms with van der Waals surface area (Å²) in [5.41, 5.74) is 2.65. The molecule has 0 spiro atoms. The highest BCUT2D eigenvalue weighted by Crippen LogP contribution is 2.13. The molecule has 0 amide bonds. The Hall–Kier alpha value is -0.730. The molecule has 1 heterocycles. The van der Waals surface area contributed by atoms with Crippen LogP contribution >= 0.6 is 35.7 Å². The lowest BCUT2D eigenvalue weighted by molar-refractivity contribution is 0.331. The topological polar surface area (TPSA) is 39.7 Å². The van der Waals surface area contributed by atoms with E-state index in [9.17, 15) is 0 Å². The van der Waals surface area contributed by atoms with Gasteiger partial charge in [0.05, 0.1) is 6.54 Å². The van der Waals surface area contributed by atoms with E-state index in [0.29, 0.717) is 6.54 Å². The number of thioether (sulfide) groups is 1. The third kappa shape index (κ3) is 9.28. The average Bonchev–Trinajstić information content (AvgIpc) is 3.13. The average molecular weight is 488 g/mol. The molecule has 2 N–H and O–H groups in total. The molecule has 4 nitrogen and oxygen atoms in total. The molecule has 1 fully saturated rings. The van der Waals surface area contributed by atoms with Crippen LogP contribution in [0, 0.1) is 0 Å². The van der Waals surface area contributed by atoms with Crippen molar-refractivity contribution in [1.29, 1.82) is 0 Å². The molecule has 2 rings (SSSR count). The van der Waals surface area contributed by atoms with E-state index in [-0.39, 0.29) is 24.0 Å². The standard InChI is InChI=1S/C20H32N4S.HI/c1-3-14-25-15-11-22-20(21-4-2)23-16-18-7-9-19(10-8-18)17-24-12-5-6-13-24;/h3,7-10H,1,4-6,11-17H2,2H3,(H2,21,22,23);1H. The van der Waals surface area contributed by atoms with Crippen LogP contribution in [0.5, 0.6) is 0 Å². The number of benzene rings is 1. The molecule has 0 atom stereocenters. The highest BCUT2D eigenvalue weighted by atomic mass is 127. The summed E-state index contributed by atoms with van der Waals surface area (Å²) < 4.78 is 0. The largest absolute Gasteiger partial charge is 0.357 e. The number of halogens is 1. The summed E-state index contributed by atoms with van der Waals surface area (Å²) in [7, 11) is 0. The van der Waals surface area contributed by atoms with Gasteiger partial charge in [-0.1, -0.05) is 30.3 Å². The molecule has 0 radical (unpaired) electrons. The molecule has 1 saturated heterocycles. The molecule has 146 valence electrons. The number of guanidine groups is 1. The summed E-state index contributed by atoms with van der Waals surface area (Å²) in [5, 5.41) is 6.69. The van der Waals surface area contributed by atoms with Crippen LogP contribution in [0.15, 0.2) is 41.9 Å². The van der Waals surface area contributed by atoms with Crippen LogP contribution in [-0.4, -0.2) is 48.5 Å². The summed E-state index contributed by atoms with van der Waals surface area (Å²) in [6, 6.07) is 8.90. The normalized spacial score (nSPS) is 14.7. The number of hydrogen-bond donors (Lipinski definition) is 2. The quantitative estimate of drug-likeness (QED) is 0.173. The Morgan fingerprint density at radius 1 is 1.19 bits per heavy atom. The molecule has 1 aliphatic heterocycles. The molecule has 1 aromatic carbocycles. The number of nitrogens with zero attached hydrogens (tertiary/aromatic N) is 2. The molecule has 6 heteroatoms. The van der Waals surface area contributed by atoms with Crippen molar-refractivity contribution in [1.82, 2.24) is 15.5 Å². The number of likely N-dealkylation sites (tertiary alicyclic amines) is 1. The zero-order chi connectivity index (χ0) is 17.7. The summed E-state index contributed by atoms with van der Waals surface area (Å²) in [6.07, 6.45) is 4.63. The second-order valence-electron chi connectivity index (χ2n) is 6.29. The second-order valence-corrected chi connectivity index (χ2v) is 7.44. The van der Waals surface area contributed by atoms with Gasteiger partial charge in [0, 0.05) is 31.1 Å². The van der Waals surface area contributed by atoms with E-state index in [0.717, 1.165) is 37.1 Å². The van der Waals surface area contributed by atoms with Gasteiger partial charge in [-0.25, -0.2) is 4.99 Å². The van der Waals surface area contributed by atoms with E-state index >= 15 is 0 Å². The Morgan fingerprint density at radius 2 is 1.88 bits per heavy atom. The number of aliphatic imine (C=N–C) groups is 1. The Balaban J connectivity index is 0.00000338. The van der Waals surface area contributed by atoms with Gasteiger partial charge >= 0.3 is 0 Å². The Kier molecular flexibility index (Phi) is 12.9. The second kappa shape index (κ2) is 14.3. The molecule has 0 saturated carbocycles. The first-order valence-electron chi connectivity index (χ1n) is 9.33. The van der Waals surface area contributed by atoms with Crippen molar-refractivity contribution >= 4 is 41.7 Å². The van der Waals surface area contributed by atoms with Gasteiger partial charge in [-0.3, -0.25) is 4.90 Å². The van der Waals surface area contributed by atoms with Gasteiger partial charge in [-0.15, -0.1) is 30.6 Å². The lowest BCUT2D eigenvalue weighted by Crippen LogP contribution is -2.38. The van der Waals surface area contributed by atoms with Crippen LogP contribution in [0.1, 0.15) is 30.9 Å². The van der Waals surface area contributed by atoms with Crippen LogP contribution in [0.4, 0.5) is 0 Å². The zero-order valence-corrected chi connectivity index (χ0v) is 19.0. The van der Waals surface area contributed by atoms with Gasteiger partial charge in [0.2, 0.25) is 0 Å². The van der Waals surface area contributed by atoms with Crippen molar-refractivity contribution in [2.24, 2.45) is 4.99 Å². The molecule has 0 aliphatic carbocycles. The summed E-state index contributed by atoms with van der Waals surface area (Å²) in [4.78, 5) is 7.22. The lowest BCUT2D eigenvalue weighted by Gasteiger charge is -2.14. The summed E-state index contributed by atoms with van der Waals surface area (Å²) >= 11 is 1.87. The van der Waals surface area contributed by atoms with Crippen molar-refractivity contribution in [3.63, 3.8) is 0 Å². The Bertz CT molecular complexity index is 527. The number of hydrogen-bond acceptors (Lipinski definition) is 3. The molecule has 0 aromatic heterocycles. The maximum absolute atomic E-state index is 4.69. The van der Waals surface area contributed by atoms with Gasteiger partial charge in [-0.2, -0.15) is 11.8 Å². The highest BCUT2D eigenvalue weighted by Gasteiger charge is 2.11. The van der Waals surface area contributed by atoms with E-state index in [1.807, 2.05) is 17.8 Å². The Morgan fingerprint density at radius 3 is 2.54 bits per heavy atom. The molecule has 1 aromatic rings. The molecule has 26 heavy (non-hydrogen) atoms. The SMILES string of the molecule is C=CCSCCNC(=NCc1ccc(CN2CCCC2)cc1)NCC.I. The fourth-order valence-electron chi connectivity index (χ4n) is 2.87. The minimum atomic E-state index is 0. The van der Waals surface area contributed by atoms with E-state index < -0.39 is 0 Å². The first-order valence-corrected chi connectivity index (χ1v) is 10.5. The first-order chi connectivity index (χ1) is 12.3. The maximum atomic E-state index is 4.69. The van der Waals surface area contributed by atoms with Gasteiger partial charge in [-0.05, 0) is 44.0 Å². The van der Waals surface area contributed by atoms with Crippen molar-refractivity contribution < 1.29 is 0 Å². The van der Waals surface area contributed by atoms with Crippen LogP contribution in [-0.2, 0) is 13.1 Å².